The van der Waals surface area contributed by atoms with E-state index in [1.54, 1.807) is 0 Å². The average molecular weight is 361 g/mol. The van der Waals surface area contributed by atoms with Crippen LogP contribution < -0.4 is 9.47 Å². The van der Waals surface area contributed by atoms with Gasteiger partial charge in [-0.05, 0) is 57.7 Å². The topological polar surface area (TPSA) is 68.2 Å². The zero-order chi connectivity index (χ0) is 18.5. The molecule has 0 spiro atoms. The number of amides is 1. The smallest absolute Gasteiger partial charge is 0.410 e. The number of rotatable bonds is 1. The third-order valence-electron chi connectivity index (χ3n) is 5.52. The van der Waals surface area contributed by atoms with E-state index in [1.807, 2.05) is 43.9 Å². The molecule has 1 aromatic carbocycles. The predicted octanol–water partition coefficient (Wildman–Crippen LogP) is 3.55. The summed E-state index contributed by atoms with van der Waals surface area (Å²) >= 11 is 0. The van der Waals surface area contributed by atoms with Crippen LogP contribution in [0.4, 0.5) is 4.79 Å². The van der Waals surface area contributed by atoms with Gasteiger partial charge in [0.1, 0.15) is 5.60 Å². The Balaban J connectivity index is 1.58. The maximum Gasteiger partial charge on any atom is 0.410 e. The molecule has 2 fully saturated rings. The Morgan fingerprint density at radius 1 is 1.19 bits per heavy atom. The van der Waals surface area contributed by atoms with E-state index in [9.17, 15) is 9.90 Å². The first-order valence-electron chi connectivity index (χ1n) is 9.39. The standard InChI is InChI=1S/C20H27NO5/c1-19(2,3)26-18(22)21-14-5-4-6-15(21)11-20(23,10-14)13-7-8-16-17(9-13)25-12-24-16/h7-9,14-15,23H,4-6,10-12H2,1-3H3. The third kappa shape index (κ3) is 3.11. The molecule has 2 bridgehead atoms. The van der Waals surface area contributed by atoms with Crippen LogP contribution in [0.15, 0.2) is 18.2 Å². The Hall–Kier alpha value is -1.95. The minimum absolute atomic E-state index is 0.00669. The van der Waals surface area contributed by atoms with Gasteiger partial charge in [0.2, 0.25) is 6.79 Å². The Bertz CT molecular complexity index is 697. The number of hydrogen-bond donors (Lipinski definition) is 1. The number of benzene rings is 1. The van der Waals surface area contributed by atoms with Crippen molar-refractivity contribution in [2.24, 2.45) is 0 Å². The van der Waals surface area contributed by atoms with Crippen LogP contribution in [0, 0.1) is 0 Å². The molecule has 4 rings (SSSR count). The van der Waals surface area contributed by atoms with Crippen LogP contribution in [0.25, 0.3) is 0 Å². The summed E-state index contributed by atoms with van der Waals surface area (Å²) in [7, 11) is 0. The fourth-order valence-corrected chi connectivity index (χ4v) is 4.46. The first kappa shape index (κ1) is 17.5. The second-order valence-corrected chi connectivity index (χ2v) is 8.63. The molecule has 3 aliphatic rings. The van der Waals surface area contributed by atoms with E-state index in [0.29, 0.717) is 24.3 Å². The SMILES string of the molecule is CC(C)(C)OC(=O)N1C2CCCC1CC(O)(c1ccc3c(c1)OCO3)C2. The monoisotopic (exact) mass is 361 g/mol. The van der Waals surface area contributed by atoms with Crippen molar-refractivity contribution in [3.8, 4) is 11.5 Å². The Kier molecular flexibility index (Phi) is 4.06. The van der Waals surface area contributed by atoms with Crippen molar-refractivity contribution in [2.75, 3.05) is 6.79 Å². The van der Waals surface area contributed by atoms with Gasteiger partial charge >= 0.3 is 6.09 Å². The molecule has 0 radical (unpaired) electrons. The largest absolute Gasteiger partial charge is 0.454 e. The fourth-order valence-electron chi connectivity index (χ4n) is 4.46. The van der Waals surface area contributed by atoms with E-state index >= 15 is 0 Å². The number of aliphatic hydroxyl groups is 1. The number of ether oxygens (including phenoxy) is 3. The van der Waals surface area contributed by atoms with Gasteiger partial charge in [0.05, 0.1) is 5.60 Å². The zero-order valence-corrected chi connectivity index (χ0v) is 15.7. The second-order valence-electron chi connectivity index (χ2n) is 8.63. The highest BCUT2D eigenvalue weighted by Crippen LogP contribution is 2.46. The number of fused-ring (bicyclic) bond motifs is 3. The van der Waals surface area contributed by atoms with Crippen LogP contribution in [0.5, 0.6) is 11.5 Å². The van der Waals surface area contributed by atoms with E-state index in [0.717, 1.165) is 24.8 Å². The zero-order valence-electron chi connectivity index (χ0n) is 15.7. The maximum absolute atomic E-state index is 12.7. The summed E-state index contributed by atoms with van der Waals surface area (Å²) < 4.78 is 16.5. The van der Waals surface area contributed by atoms with Gasteiger partial charge in [-0.2, -0.15) is 0 Å². The first-order valence-corrected chi connectivity index (χ1v) is 9.39. The summed E-state index contributed by atoms with van der Waals surface area (Å²) in [6.45, 7) is 5.86. The van der Waals surface area contributed by atoms with E-state index in [2.05, 4.69) is 0 Å². The van der Waals surface area contributed by atoms with Crippen LogP contribution >= 0.6 is 0 Å². The molecule has 0 saturated carbocycles. The van der Waals surface area contributed by atoms with Gasteiger partial charge in [0, 0.05) is 24.9 Å². The molecule has 2 unspecified atom stereocenters. The minimum Gasteiger partial charge on any atom is -0.454 e. The lowest BCUT2D eigenvalue weighted by molar-refractivity contribution is -0.0965. The van der Waals surface area contributed by atoms with Gasteiger partial charge in [0.25, 0.3) is 0 Å². The van der Waals surface area contributed by atoms with Crippen molar-refractivity contribution in [2.45, 2.75) is 76.2 Å². The molecule has 0 aromatic heterocycles. The first-order chi connectivity index (χ1) is 12.3. The number of hydrogen-bond acceptors (Lipinski definition) is 5. The van der Waals surface area contributed by atoms with Crippen molar-refractivity contribution < 1.29 is 24.1 Å². The van der Waals surface area contributed by atoms with E-state index in [-0.39, 0.29) is 25.0 Å². The van der Waals surface area contributed by atoms with Gasteiger partial charge < -0.3 is 24.2 Å². The van der Waals surface area contributed by atoms with Crippen LogP contribution in [-0.2, 0) is 10.3 Å². The van der Waals surface area contributed by atoms with Crippen LogP contribution in [0.3, 0.4) is 0 Å². The molecule has 142 valence electrons. The molecule has 0 aliphatic carbocycles. The average Bonchev–Trinajstić information content (AvgIpc) is 2.99. The van der Waals surface area contributed by atoms with Gasteiger partial charge in [-0.3, -0.25) is 0 Å². The van der Waals surface area contributed by atoms with Gasteiger partial charge in [-0.25, -0.2) is 4.79 Å². The third-order valence-corrected chi connectivity index (χ3v) is 5.52. The molecule has 2 saturated heterocycles. The van der Waals surface area contributed by atoms with E-state index < -0.39 is 11.2 Å². The molecular weight excluding hydrogens is 334 g/mol. The molecule has 2 atom stereocenters. The van der Waals surface area contributed by atoms with Crippen molar-refractivity contribution in [1.82, 2.24) is 4.90 Å². The molecule has 6 nitrogen and oxygen atoms in total. The van der Waals surface area contributed by atoms with Crippen LogP contribution in [-0.4, -0.2) is 40.6 Å². The van der Waals surface area contributed by atoms with Crippen molar-refractivity contribution in [3.63, 3.8) is 0 Å². The number of carbonyl (C=O) groups excluding carboxylic acids is 1. The summed E-state index contributed by atoms with van der Waals surface area (Å²) in [5.74, 6) is 1.39. The van der Waals surface area contributed by atoms with Crippen molar-refractivity contribution >= 4 is 6.09 Å². The lowest BCUT2D eigenvalue weighted by Gasteiger charge is -2.51. The van der Waals surface area contributed by atoms with E-state index in [1.165, 1.54) is 0 Å². The summed E-state index contributed by atoms with van der Waals surface area (Å²) in [6, 6.07) is 5.62. The number of nitrogens with zero attached hydrogens (tertiary/aromatic N) is 1. The van der Waals surface area contributed by atoms with Crippen LogP contribution in [0.2, 0.25) is 0 Å². The summed E-state index contributed by atoms with van der Waals surface area (Å²) in [6.07, 6.45) is 3.63. The highest BCUT2D eigenvalue weighted by molar-refractivity contribution is 5.69. The molecule has 1 amide bonds. The quantitative estimate of drug-likeness (QED) is 0.828. The fraction of sp³-hybridized carbons (Fsp3) is 0.650. The molecule has 1 aromatic rings. The maximum atomic E-state index is 12.7. The summed E-state index contributed by atoms with van der Waals surface area (Å²) in [4.78, 5) is 14.6. The molecular formula is C20H27NO5. The normalized spacial score (nSPS) is 30.2. The molecule has 3 aliphatic heterocycles. The van der Waals surface area contributed by atoms with Gasteiger partial charge in [-0.1, -0.05) is 6.07 Å². The lowest BCUT2D eigenvalue weighted by atomic mass is 9.72. The van der Waals surface area contributed by atoms with Crippen molar-refractivity contribution in [3.05, 3.63) is 23.8 Å². The molecule has 1 N–H and O–H groups in total. The second kappa shape index (κ2) is 6.05. The summed E-state index contributed by atoms with van der Waals surface area (Å²) in [5, 5.41) is 11.4. The number of piperidine rings is 2. The Morgan fingerprint density at radius 3 is 2.50 bits per heavy atom. The summed E-state index contributed by atoms with van der Waals surface area (Å²) in [5.41, 5.74) is -0.645. The molecule has 3 heterocycles. The minimum atomic E-state index is -0.963. The number of carbonyl (C=O) groups is 1. The van der Waals surface area contributed by atoms with Crippen molar-refractivity contribution in [1.29, 1.82) is 0 Å². The Morgan fingerprint density at radius 2 is 1.85 bits per heavy atom. The molecule has 26 heavy (non-hydrogen) atoms. The molecule has 6 heteroatoms. The lowest BCUT2D eigenvalue weighted by Crippen LogP contribution is -2.59. The Labute approximate surface area is 154 Å². The predicted molar refractivity (Wildman–Crippen MR) is 95.2 cm³/mol. The van der Waals surface area contributed by atoms with Crippen LogP contribution in [0.1, 0.15) is 58.4 Å². The highest BCUT2D eigenvalue weighted by Gasteiger charge is 2.49. The van der Waals surface area contributed by atoms with Gasteiger partial charge in [-0.15, -0.1) is 0 Å². The van der Waals surface area contributed by atoms with Gasteiger partial charge in [0.15, 0.2) is 11.5 Å². The highest BCUT2D eigenvalue weighted by atomic mass is 16.7. The van der Waals surface area contributed by atoms with E-state index in [4.69, 9.17) is 14.2 Å².